The lowest BCUT2D eigenvalue weighted by atomic mass is 9.84. The molecule has 2 heterocycles. The third-order valence-corrected chi connectivity index (χ3v) is 4.43. The van der Waals surface area contributed by atoms with Crippen LogP contribution in [0, 0.1) is 0 Å². The minimum atomic E-state index is 0.107. The van der Waals surface area contributed by atoms with Crippen molar-refractivity contribution in [2.24, 2.45) is 0 Å². The number of ether oxygens (including phenoxy) is 2. The van der Waals surface area contributed by atoms with Gasteiger partial charge in [-0.15, -0.1) is 0 Å². The molecule has 4 heteroatoms. The minimum Gasteiger partial charge on any atom is -0.381 e. The second-order valence-corrected chi connectivity index (χ2v) is 6.49. The topological polar surface area (TPSA) is 33.7 Å². The number of nitrogens with zero attached hydrogens (tertiary/aromatic N) is 1. The fourth-order valence-corrected chi connectivity index (χ4v) is 3.20. The van der Waals surface area contributed by atoms with Crippen molar-refractivity contribution in [3.63, 3.8) is 0 Å². The van der Waals surface area contributed by atoms with E-state index in [0.717, 1.165) is 52.0 Å². The maximum absolute atomic E-state index is 6.09. The van der Waals surface area contributed by atoms with Crippen molar-refractivity contribution in [1.82, 2.24) is 10.2 Å². The highest BCUT2D eigenvalue weighted by Gasteiger charge is 2.39. The van der Waals surface area contributed by atoms with E-state index >= 15 is 0 Å². The van der Waals surface area contributed by atoms with Gasteiger partial charge in [-0.3, -0.25) is 0 Å². The standard InChI is InChI=1S/C15H30N2O2/c1-13(4-8-17(2)3)16-14-5-9-19-15(12-14)6-10-18-11-7-15/h13-14,16H,4-12H2,1-3H3. The Balaban J connectivity index is 1.77. The molecular weight excluding hydrogens is 240 g/mol. The third-order valence-electron chi connectivity index (χ3n) is 4.43. The molecule has 0 saturated carbocycles. The molecule has 0 amide bonds. The highest BCUT2D eigenvalue weighted by atomic mass is 16.5. The first kappa shape index (κ1) is 15.2. The van der Waals surface area contributed by atoms with Gasteiger partial charge >= 0.3 is 0 Å². The predicted molar refractivity (Wildman–Crippen MR) is 77.5 cm³/mol. The Morgan fingerprint density at radius 1 is 1.26 bits per heavy atom. The average molecular weight is 270 g/mol. The predicted octanol–water partition coefficient (Wildman–Crippen LogP) is 1.64. The quantitative estimate of drug-likeness (QED) is 0.823. The van der Waals surface area contributed by atoms with Crippen LogP contribution < -0.4 is 5.32 Å². The molecule has 112 valence electrons. The zero-order valence-electron chi connectivity index (χ0n) is 12.8. The lowest BCUT2D eigenvalue weighted by Crippen LogP contribution is -2.51. The van der Waals surface area contributed by atoms with Crippen LogP contribution in [-0.2, 0) is 9.47 Å². The van der Waals surface area contributed by atoms with Crippen LogP contribution in [0.5, 0.6) is 0 Å². The van der Waals surface area contributed by atoms with Gasteiger partial charge in [-0.25, -0.2) is 0 Å². The summed E-state index contributed by atoms with van der Waals surface area (Å²) >= 11 is 0. The van der Waals surface area contributed by atoms with Crippen LogP contribution in [-0.4, -0.2) is 63.0 Å². The van der Waals surface area contributed by atoms with Gasteiger partial charge in [0.05, 0.1) is 5.60 Å². The summed E-state index contributed by atoms with van der Waals surface area (Å²) in [5.74, 6) is 0. The average Bonchev–Trinajstić information content (AvgIpc) is 2.37. The molecule has 0 bridgehead atoms. The third kappa shape index (κ3) is 4.71. The van der Waals surface area contributed by atoms with Crippen LogP contribution in [0.1, 0.15) is 39.0 Å². The van der Waals surface area contributed by atoms with Crippen molar-refractivity contribution in [3.05, 3.63) is 0 Å². The van der Waals surface area contributed by atoms with E-state index in [1.54, 1.807) is 0 Å². The van der Waals surface area contributed by atoms with Gasteiger partial charge in [0.1, 0.15) is 0 Å². The molecule has 2 fully saturated rings. The SMILES string of the molecule is CC(CCN(C)C)NC1CCOC2(CCOCC2)C1. The Morgan fingerprint density at radius 3 is 2.68 bits per heavy atom. The summed E-state index contributed by atoms with van der Waals surface area (Å²) in [5.41, 5.74) is 0.107. The largest absolute Gasteiger partial charge is 0.381 e. The van der Waals surface area contributed by atoms with E-state index in [9.17, 15) is 0 Å². The summed E-state index contributed by atoms with van der Waals surface area (Å²) < 4.78 is 11.6. The molecule has 4 nitrogen and oxygen atoms in total. The van der Waals surface area contributed by atoms with Gasteiger partial charge in [0.15, 0.2) is 0 Å². The second-order valence-electron chi connectivity index (χ2n) is 6.49. The molecule has 2 aliphatic heterocycles. The number of rotatable bonds is 5. The molecule has 0 aromatic rings. The molecule has 2 unspecified atom stereocenters. The van der Waals surface area contributed by atoms with E-state index in [4.69, 9.17) is 9.47 Å². The number of hydrogen-bond acceptors (Lipinski definition) is 4. The highest BCUT2D eigenvalue weighted by Crippen LogP contribution is 2.34. The summed E-state index contributed by atoms with van der Waals surface area (Å²) in [7, 11) is 4.27. The van der Waals surface area contributed by atoms with Crippen LogP contribution in [0.4, 0.5) is 0 Å². The van der Waals surface area contributed by atoms with E-state index in [0.29, 0.717) is 12.1 Å². The Hall–Kier alpha value is -0.160. The molecule has 0 aromatic heterocycles. The van der Waals surface area contributed by atoms with Crippen LogP contribution >= 0.6 is 0 Å². The molecule has 2 rings (SSSR count). The molecular formula is C15H30N2O2. The first-order valence-electron chi connectivity index (χ1n) is 7.72. The van der Waals surface area contributed by atoms with Crippen molar-refractivity contribution in [2.75, 3.05) is 40.5 Å². The van der Waals surface area contributed by atoms with Crippen molar-refractivity contribution < 1.29 is 9.47 Å². The van der Waals surface area contributed by atoms with Gasteiger partial charge < -0.3 is 19.7 Å². The first-order chi connectivity index (χ1) is 9.10. The summed E-state index contributed by atoms with van der Waals surface area (Å²) in [5, 5.41) is 3.80. The maximum atomic E-state index is 6.09. The number of nitrogens with one attached hydrogen (secondary N) is 1. The van der Waals surface area contributed by atoms with E-state index in [-0.39, 0.29) is 5.60 Å². The molecule has 19 heavy (non-hydrogen) atoms. The summed E-state index contributed by atoms with van der Waals surface area (Å²) in [6.45, 7) is 6.08. The Morgan fingerprint density at radius 2 is 2.00 bits per heavy atom. The normalized spacial score (nSPS) is 28.7. The van der Waals surface area contributed by atoms with Crippen LogP contribution in [0.15, 0.2) is 0 Å². The fourth-order valence-electron chi connectivity index (χ4n) is 3.20. The molecule has 0 aromatic carbocycles. The fraction of sp³-hybridized carbons (Fsp3) is 1.00. The number of hydrogen-bond donors (Lipinski definition) is 1. The van der Waals surface area contributed by atoms with Crippen molar-refractivity contribution in [2.45, 2.75) is 56.7 Å². The van der Waals surface area contributed by atoms with Gasteiger partial charge in [-0.05, 0) is 59.7 Å². The van der Waals surface area contributed by atoms with Crippen LogP contribution in [0.3, 0.4) is 0 Å². The van der Waals surface area contributed by atoms with Crippen molar-refractivity contribution >= 4 is 0 Å². The van der Waals surface area contributed by atoms with E-state index < -0.39 is 0 Å². The molecule has 2 saturated heterocycles. The van der Waals surface area contributed by atoms with Crippen LogP contribution in [0.25, 0.3) is 0 Å². The maximum Gasteiger partial charge on any atom is 0.0741 e. The van der Waals surface area contributed by atoms with E-state index in [1.807, 2.05) is 0 Å². The Bertz CT molecular complexity index is 259. The smallest absolute Gasteiger partial charge is 0.0741 e. The van der Waals surface area contributed by atoms with Gasteiger partial charge in [-0.2, -0.15) is 0 Å². The molecule has 1 N–H and O–H groups in total. The highest BCUT2D eigenvalue weighted by molar-refractivity contribution is 4.92. The van der Waals surface area contributed by atoms with E-state index in [1.165, 1.54) is 6.42 Å². The molecule has 0 aliphatic carbocycles. The Kier molecular flexibility index (Phi) is 5.63. The zero-order valence-corrected chi connectivity index (χ0v) is 12.8. The molecule has 0 radical (unpaired) electrons. The van der Waals surface area contributed by atoms with Crippen molar-refractivity contribution in [1.29, 1.82) is 0 Å². The second kappa shape index (κ2) is 7.02. The lowest BCUT2D eigenvalue weighted by Gasteiger charge is -2.44. The van der Waals surface area contributed by atoms with Gasteiger partial charge in [0, 0.05) is 31.9 Å². The summed E-state index contributed by atoms with van der Waals surface area (Å²) in [6, 6.07) is 1.20. The first-order valence-corrected chi connectivity index (χ1v) is 7.72. The molecule has 1 spiro atoms. The molecule has 2 atom stereocenters. The zero-order chi connectivity index (χ0) is 13.7. The summed E-state index contributed by atoms with van der Waals surface area (Å²) in [4.78, 5) is 2.25. The minimum absolute atomic E-state index is 0.107. The lowest BCUT2D eigenvalue weighted by molar-refractivity contribution is -0.140. The summed E-state index contributed by atoms with van der Waals surface area (Å²) in [6.07, 6.45) is 5.65. The van der Waals surface area contributed by atoms with Gasteiger partial charge in [-0.1, -0.05) is 0 Å². The molecule has 2 aliphatic rings. The van der Waals surface area contributed by atoms with Crippen molar-refractivity contribution in [3.8, 4) is 0 Å². The monoisotopic (exact) mass is 270 g/mol. The van der Waals surface area contributed by atoms with Gasteiger partial charge in [0.25, 0.3) is 0 Å². The van der Waals surface area contributed by atoms with Gasteiger partial charge in [0.2, 0.25) is 0 Å². The van der Waals surface area contributed by atoms with Crippen LogP contribution in [0.2, 0.25) is 0 Å². The van der Waals surface area contributed by atoms with E-state index in [2.05, 4.69) is 31.2 Å². The Labute approximate surface area is 117 Å².